The van der Waals surface area contributed by atoms with E-state index in [1.54, 1.807) is 24.3 Å². The van der Waals surface area contributed by atoms with Gasteiger partial charge in [0.15, 0.2) is 0 Å². The van der Waals surface area contributed by atoms with Crippen LogP contribution in [0.25, 0.3) is 0 Å². The van der Waals surface area contributed by atoms with Crippen molar-refractivity contribution in [2.75, 3.05) is 0 Å². The van der Waals surface area contributed by atoms with Crippen LogP contribution in [-0.4, -0.2) is 10.2 Å². The fourth-order valence-corrected chi connectivity index (χ4v) is 2.01. The van der Waals surface area contributed by atoms with Gasteiger partial charge in [-0.1, -0.05) is 18.2 Å². The number of aliphatic hydroxyl groups excluding tert-OH is 1. The molecular formula is C11H10O2S. The van der Waals surface area contributed by atoms with Crippen LogP contribution in [0, 0.1) is 0 Å². The summed E-state index contributed by atoms with van der Waals surface area (Å²) in [5, 5.41) is 23.2. The van der Waals surface area contributed by atoms with Crippen LogP contribution in [0.5, 0.6) is 5.75 Å². The molecule has 3 heteroatoms. The van der Waals surface area contributed by atoms with E-state index in [0.717, 1.165) is 5.56 Å². The largest absolute Gasteiger partial charge is 0.508 e. The van der Waals surface area contributed by atoms with Gasteiger partial charge < -0.3 is 10.2 Å². The first-order valence-electron chi connectivity index (χ1n) is 4.27. The lowest BCUT2D eigenvalue weighted by atomic mass is 10.0. The second-order valence-corrected chi connectivity index (χ2v) is 3.80. The summed E-state index contributed by atoms with van der Waals surface area (Å²) in [6.07, 6.45) is -0.734. The van der Waals surface area contributed by atoms with E-state index in [1.807, 2.05) is 16.8 Å². The van der Waals surface area contributed by atoms with E-state index in [-0.39, 0.29) is 5.75 Å². The predicted octanol–water partition coefficient (Wildman–Crippen LogP) is 2.54. The fourth-order valence-electron chi connectivity index (χ4n) is 1.33. The summed E-state index contributed by atoms with van der Waals surface area (Å²) in [4.78, 5) is 0. The van der Waals surface area contributed by atoms with Crippen LogP contribution in [0.4, 0.5) is 0 Å². The average Bonchev–Trinajstić information content (AvgIpc) is 2.70. The van der Waals surface area contributed by atoms with Gasteiger partial charge in [-0.3, -0.25) is 0 Å². The van der Waals surface area contributed by atoms with Crippen molar-refractivity contribution in [3.05, 3.63) is 52.2 Å². The van der Waals surface area contributed by atoms with Crippen molar-refractivity contribution in [3.63, 3.8) is 0 Å². The van der Waals surface area contributed by atoms with Crippen LogP contribution in [-0.2, 0) is 0 Å². The van der Waals surface area contributed by atoms with Gasteiger partial charge in [-0.05, 0) is 28.5 Å². The van der Waals surface area contributed by atoms with Crippen molar-refractivity contribution >= 4 is 11.3 Å². The smallest absolute Gasteiger partial charge is 0.121 e. The van der Waals surface area contributed by atoms with E-state index in [1.165, 1.54) is 11.3 Å². The number of phenols is 1. The van der Waals surface area contributed by atoms with E-state index in [4.69, 9.17) is 0 Å². The molecule has 2 nitrogen and oxygen atoms in total. The number of phenolic OH excluding ortho intramolecular Hbond substituents is 1. The third-order valence-corrected chi connectivity index (χ3v) is 2.79. The molecular weight excluding hydrogens is 196 g/mol. The molecule has 0 spiro atoms. The van der Waals surface area contributed by atoms with Gasteiger partial charge >= 0.3 is 0 Å². The first-order valence-corrected chi connectivity index (χ1v) is 5.21. The van der Waals surface area contributed by atoms with E-state index < -0.39 is 6.10 Å². The molecule has 0 fully saturated rings. The molecule has 72 valence electrons. The van der Waals surface area contributed by atoms with Crippen molar-refractivity contribution in [1.82, 2.24) is 0 Å². The number of hydrogen-bond acceptors (Lipinski definition) is 3. The lowest BCUT2D eigenvalue weighted by Gasteiger charge is -2.10. The summed E-state index contributed by atoms with van der Waals surface area (Å²) in [6.45, 7) is 0. The Hall–Kier alpha value is -1.32. The minimum Gasteiger partial charge on any atom is -0.508 e. The van der Waals surface area contributed by atoms with Crippen LogP contribution in [0.15, 0.2) is 41.1 Å². The number of hydrogen-bond donors (Lipinski definition) is 2. The highest BCUT2D eigenvalue weighted by Gasteiger charge is 2.13. The zero-order valence-electron chi connectivity index (χ0n) is 7.42. The van der Waals surface area contributed by atoms with E-state index in [2.05, 4.69) is 0 Å². The van der Waals surface area contributed by atoms with Gasteiger partial charge in [0.05, 0.1) is 0 Å². The molecule has 0 amide bonds. The molecule has 0 aliphatic carbocycles. The zero-order chi connectivity index (χ0) is 9.97. The van der Waals surface area contributed by atoms with Crippen molar-refractivity contribution in [3.8, 4) is 5.75 Å². The summed E-state index contributed by atoms with van der Waals surface area (Å²) >= 11 is 1.53. The molecule has 0 aliphatic heterocycles. The highest BCUT2D eigenvalue weighted by atomic mass is 32.1. The number of benzene rings is 1. The first-order chi connectivity index (χ1) is 6.79. The van der Waals surface area contributed by atoms with Crippen LogP contribution < -0.4 is 0 Å². The van der Waals surface area contributed by atoms with Crippen LogP contribution >= 0.6 is 11.3 Å². The second-order valence-electron chi connectivity index (χ2n) is 3.02. The fraction of sp³-hybridized carbons (Fsp3) is 0.0909. The molecule has 2 rings (SSSR count). The average molecular weight is 206 g/mol. The summed E-state index contributed by atoms with van der Waals surface area (Å²) in [5.74, 6) is 0.131. The monoisotopic (exact) mass is 206 g/mol. The van der Waals surface area contributed by atoms with Gasteiger partial charge in [-0.15, -0.1) is 0 Å². The first kappa shape index (κ1) is 9.24. The SMILES string of the molecule is Oc1ccccc1C(O)c1ccsc1. The highest BCUT2D eigenvalue weighted by Crippen LogP contribution is 2.29. The third kappa shape index (κ3) is 1.64. The van der Waals surface area contributed by atoms with E-state index in [9.17, 15) is 10.2 Å². The Labute approximate surface area is 86.1 Å². The van der Waals surface area contributed by atoms with Crippen molar-refractivity contribution in [2.24, 2.45) is 0 Å². The molecule has 0 aliphatic rings. The van der Waals surface area contributed by atoms with Crippen LogP contribution in [0.1, 0.15) is 17.2 Å². The minimum atomic E-state index is -0.734. The Bertz CT molecular complexity index is 409. The summed E-state index contributed by atoms with van der Waals surface area (Å²) < 4.78 is 0. The third-order valence-electron chi connectivity index (χ3n) is 2.09. The molecule has 2 N–H and O–H groups in total. The topological polar surface area (TPSA) is 40.5 Å². The quantitative estimate of drug-likeness (QED) is 0.792. The van der Waals surface area contributed by atoms with Gasteiger partial charge in [0.2, 0.25) is 0 Å². The molecule has 0 radical (unpaired) electrons. The highest BCUT2D eigenvalue weighted by molar-refractivity contribution is 7.07. The Morgan fingerprint density at radius 1 is 1.14 bits per heavy atom. The predicted molar refractivity (Wildman–Crippen MR) is 56.5 cm³/mol. The molecule has 2 aromatic rings. The maximum absolute atomic E-state index is 9.91. The minimum absolute atomic E-state index is 0.131. The maximum Gasteiger partial charge on any atom is 0.121 e. The van der Waals surface area contributed by atoms with E-state index >= 15 is 0 Å². The number of rotatable bonds is 2. The zero-order valence-corrected chi connectivity index (χ0v) is 8.24. The summed E-state index contributed by atoms with van der Waals surface area (Å²) in [7, 11) is 0. The lowest BCUT2D eigenvalue weighted by Crippen LogP contribution is -1.97. The van der Waals surface area contributed by atoms with Crippen molar-refractivity contribution < 1.29 is 10.2 Å². The Balaban J connectivity index is 2.37. The molecule has 1 aromatic carbocycles. The molecule has 0 bridgehead atoms. The van der Waals surface area contributed by atoms with E-state index in [0.29, 0.717) is 5.56 Å². The van der Waals surface area contributed by atoms with Gasteiger partial charge in [-0.25, -0.2) is 0 Å². The Kier molecular flexibility index (Phi) is 2.52. The number of aliphatic hydroxyl groups is 1. The number of para-hydroxylation sites is 1. The number of thiophene rings is 1. The Morgan fingerprint density at radius 2 is 1.93 bits per heavy atom. The maximum atomic E-state index is 9.91. The molecule has 1 aromatic heterocycles. The van der Waals surface area contributed by atoms with Gasteiger partial charge in [-0.2, -0.15) is 11.3 Å². The standard InChI is InChI=1S/C11H10O2S/c12-10-4-2-1-3-9(10)11(13)8-5-6-14-7-8/h1-7,11-13H. The Morgan fingerprint density at radius 3 is 2.57 bits per heavy atom. The van der Waals surface area contributed by atoms with Crippen molar-refractivity contribution in [2.45, 2.75) is 6.10 Å². The molecule has 1 heterocycles. The molecule has 14 heavy (non-hydrogen) atoms. The van der Waals surface area contributed by atoms with Crippen LogP contribution in [0.2, 0.25) is 0 Å². The van der Waals surface area contributed by atoms with Crippen molar-refractivity contribution in [1.29, 1.82) is 0 Å². The number of aromatic hydroxyl groups is 1. The second kappa shape index (κ2) is 3.82. The molecule has 1 unspecified atom stereocenters. The van der Waals surface area contributed by atoms with Crippen LogP contribution in [0.3, 0.4) is 0 Å². The van der Waals surface area contributed by atoms with Gasteiger partial charge in [0, 0.05) is 5.56 Å². The molecule has 0 saturated heterocycles. The summed E-state index contributed by atoms with van der Waals surface area (Å²) in [6, 6.07) is 8.67. The van der Waals surface area contributed by atoms with Gasteiger partial charge in [0.1, 0.15) is 11.9 Å². The summed E-state index contributed by atoms with van der Waals surface area (Å²) in [5.41, 5.74) is 1.36. The normalized spacial score (nSPS) is 12.6. The lowest BCUT2D eigenvalue weighted by molar-refractivity contribution is 0.216. The van der Waals surface area contributed by atoms with Gasteiger partial charge in [0.25, 0.3) is 0 Å². The molecule has 1 atom stereocenters. The molecule has 0 saturated carbocycles.